The van der Waals surface area contributed by atoms with E-state index in [0.717, 1.165) is 51.4 Å². The highest BCUT2D eigenvalue weighted by molar-refractivity contribution is 6.74. The molecule has 2 heterocycles. The van der Waals surface area contributed by atoms with E-state index < -0.39 is 13.9 Å². The van der Waals surface area contributed by atoms with Crippen LogP contribution in [0, 0.1) is 5.92 Å². The molecule has 1 saturated carbocycles. The van der Waals surface area contributed by atoms with E-state index in [4.69, 9.17) is 13.9 Å². The highest BCUT2D eigenvalue weighted by atomic mass is 28.4. The largest absolute Gasteiger partial charge is 0.444 e. The summed E-state index contributed by atoms with van der Waals surface area (Å²) in [5.41, 5.74) is -1.00. The molecule has 2 aliphatic heterocycles. The van der Waals surface area contributed by atoms with Crippen molar-refractivity contribution in [2.24, 2.45) is 5.92 Å². The average Bonchev–Trinajstić information content (AvgIpc) is 3.20. The van der Waals surface area contributed by atoms with Crippen LogP contribution in [0.3, 0.4) is 0 Å². The van der Waals surface area contributed by atoms with Crippen molar-refractivity contribution >= 4 is 14.4 Å². The molecule has 0 radical (unpaired) electrons. The molecule has 0 aromatic carbocycles. The van der Waals surface area contributed by atoms with Crippen LogP contribution in [-0.4, -0.2) is 55.8 Å². The highest BCUT2D eigenvalue weighted by Crippen LogP contribution is 2.55. The van der Waals surface area contributed by atoms with Crippen molar-refractivity contribution in [1.82, 2.24) is 4.90 Å². The highest BCUT2D eigenvalue weighted by Gasteiger charge is 2.63. The molecule has 0 unspecified atom stereocenters. The maximum atomic E-state index is 13.6. The van der Waals surface area contributed by atoms with Gasteiger partial charge in [-0.25, -0.2) is 4.79 Å². The average molecular weight is 480 g/mol. The van der Waals surface area contributed by atoms with E-state index >= 15 is 0 Å². The molecule has 2 bridgehead atoms. The molecule has 3 aliphatic rings. The number of fused-ring (bicyclic) bond motifs is 2. The number of nitrogens with zero attached hydrogens (tertiary/aromatic N) is 1. The lowest BCUT2D eigenvalue weighted by Crippen LogP contribution is -2.55. The molecule has 1 amide bonds. The number of allylic oxidation sites excluding steroid dienone is 1. The minimum absolute atomic E-state index is 0.148. The van der Waals surface area contributed by atoms with Crippen LogP contribution in [0.2, 0.25) is 18.1 Å². The molecule has 6 heteroatoms. The second-order valence-corrected chi connectivity index (χ2v) is 18.1. The molecule has 3 fully saturated rings. The minimum atomic E-state index is -1.92. The predicted molar refractivity (Wildman–Crippen MR) is 137 cm³/mol. The van der Waals surface area contributed by atoms with Gasteiger partial charge in [0.05, 0.1) is 23.8 Å². The van der Waals surface area contributed by atoms with Gasteiger partial charge in [0.2, 0.25) is 0 Å². The molecule has 33 heavy (non-hydrogen) atoms. The first kappa shape index (κ1) is 26.7. The Kier molecular flexibility index (Phi) is 7.54. The Morgan fingerprint density at radius 3 is 2.06 bits per heavy atom. The maximum Gasteiger partial charge on any atom is 0.411 e. The summed E-state index contributed by atoms with van der Waals surface area (Å²) in [6.45, 7) is 17.9. The van der Waals surface area contributed by atoms with E-state index in [1.54, 1.807) is 0 Å². The smallest absolute Gasteiger partial charge is 0.411 e. The molecule has 5 nitrogen and oxygen atoms in total. The van der Waals surface area contributed by atoms with Crippen molar-refractivity contribution < 1.29 is 18.7 Å². The SMILES string of the molecule is COC1CCC(/C=C/C23CCC(CO[Si](C)(C)C(C)(C)C)(CC2)N3C(=O)OC(C)(C)C)CC1. The van der Waals surface area contributed by atoms with Gasteiger partial charge in [-0.2, -0.15) is 0 Å². The minimum Gasteiger partial charge on any atom is -0.444 e. The van der Waals surface area contributed by atoms with Crippen LogP contribution in [-0.2, 0) is 13.9 Å². The molecule has 0 spiro atoms. The number of methoxy groups -OCH3 is 1. The Balaban J connectivity index is 1.82. The van der Waals surface area contributed by atoms with E-state index in [1.807, 2.05) is 27.9 Å². The molecule has 0 aromatic rings. The van der Waals surface area contributed by atoms with Crippen molar-refractivity contribution in [3.8, 4) is 0 Å². The number of hydrogen-bond acceptors (Lipinski definition) is 4. The number of amides is 1. The summed E-state index contributed by atoms with van der Waals surface area (Å²) in [5.74, 6) is 0.574. The van der Waals surface area contributed by atoms with E-state index in [0.29, 0.717) is 18.6 Å². The fourth-order valence-electron chi connectivity index (χ4n) is 5.56. The van der Waals surface area contributed by atoms with Gasteiger partial charge < -0.3 is 13.9 Å². The summed E-state index contributed by atoms with van der Waals surface area (Å²) in [6.07, 6.45) is 13.5. The summed E-state index contributed by atoms with van der Waals surface area (Å²) in [4.78, 5) is 15.7. The third kappa shape index (κ3) is 5.70. The van der Waals surface area contributed by atoms with Crippen molar-refractivity contribution in [2.45, 2.75) is 134 Å². The van der Waals surface area contributed by atoms with Gasteiger partial charge in [-0.15, -0.1) is 0 Å². The van der Waals surface area contributed by atoms with Crippen LogP contribution >= 0.6 is 0 Å². The second kappa shape index (κ2) is 9.31. The Morgan fingerprint density at radius 2 is 1.58 bits per heavy atom. The molecular weight excluding hydrogens is 430 g/mol. The van der Waals surface area contributed by atoms with Gasteiger partial charge in [0, 0.05) is 7.11 Å². The predicted octanol–water partition coefficient (Wildman–Crippen LogP) is 7.07. The molecule has 0 atom stereocenters. The lowest BCUT2D eigenvalue weighted by atomic mass is 9.80. The van der Waals surface area contributed by atoms with Crippen LogP contribution in [0.15, 0.2) is 12.2 Å². The number of rotatable bonds is 6. The third-order valence-corrected chi connectivity index (χ3v) is 13.3. The summed E-state index contributed by atoms with van der Waals surface area (Å²) >= 11 is 0. The van der Waals surface area contributed by atoms with Crippen LogP contribution in [0.25, 0.3) is 0 Å². The quantitative estimate of drug-likeness (QED) is 0.302. The van der Waals surface area contributed by atoms with Gasteiger partial charge >= 0.3 is 6.09 Å². The lowest BCUT2D eigenvalue weighted by Gasteiger charge is -2.43. The molecule has 0 N–H and O–H groups in total. The van der Waals surface area contributed by atoms with Gasteiger partial charge in [0.1, 0.15) is 5.60 Å². The fraction of sp³-hybridized carbons (Fsp3) is 0.889. The Morgan fingerprint density at radius 1 is 1.00 bits per heavy atom. The normalized spacial score (nSPS) is 33.2. The summed E-state index contributed by atoms with van der Waals surface area (Å²) in [7, 11) is -0.0965. The zero-order valence-corrected chi connectivity index (χ0v) is 23.8. The zero-order chi connectivity index (χ0) is 24.7. The Bertz CT molecular complexity index is 717. The molecule has 190 valence electrons. The monoisotopic (exact) mass is 479 g/mol. The van der Waals surface area contributed by atoms with Crippen LogP contribution in [0.1, 0.15) is 92.9 Å². The number of carbonyl (C=O) groups is 1. The first-order valence-electron chi connectivity index (χ1n) is 13.0. The van der Waals surface area contributed by atoms with Crippen LogP contribution in [0.5, 0.6) is 0 Å². The molecule has 0 aromatic heterocycles. The zero-order valence-electron chi connectivity index (χ0n) is 22.8. The first-order valence-corrected chi connectivity index (χ1v) is 15.9. The van der Waals surface area contributed by atoms with Crippen molar-refractivity contribution in [2.75, 3.05) is 13.7 Å². The van der Waals surface area contributed by atoms with Gasteiger partial charge in [0.15, 0.2) is 8.32 Å². The second-order valence-electron chi connectivity index (χ2n) is 13.3. The molecular formula is C27H49NO4Si. The Labute approximate surface area is 203 Å². The van der Waals surface area contributed by atoms with Crippen LogP contribution < -0.4 is 0 Å². The maximum absolute atomic E-state index is 13.6. The van der Waals surface area contributed by atoms with Crippen molar-refractivity contribution in [1.29, 1.82) is 0 Å². The van der Waals surface area contributed by atoms with E-state index in [1.165, 1.54) is 0 Å². The number of carbonyl (C=O) groups excluding carboxylic acids is 1. The van der Waals surface area contributed by atoms with E-state index in [2.05, 4.69) is 50.9 Å². The first-order chi connectivity index (χ1) is 15.1. The van der Waals surface area contributed by atoms with Gasteiger partial charge in [0.25, 0.3) is 0 Å². The fourth-order valence-corrected chi connectivity index (χ4v) is 6.63. The lowest BCUT2D eigenvalue weighted by molar-refractivity contribution is -0.00686. The summed E-state index contributed by atoms with van der Waals surface area (Å²) in [5, 5.41) is 0.148. The Hall–Kier alpha value is -0.853. The number of hydrogen-bond donors (Lipinski definition) is 0. The third-order valence-electron chi connectivity index (χ3n) is 8.78. The van der Waals surface area contributed by atoms with Crippen molar-refractivity contribution in [3.05, 3.63) is 12.2 Å². The standard InChI is InChI=1S/C27H49NO4Si/c1-24(2,3)32-23(29)28-26(15-14-21-10-12-22(30-7)13-11-21)16-18-27(28,19-17-26)20-31-33(8,9)25(4,5)6/h14-15,21-22H,10-13,16-20H2,1-9H3/b15-14+. The van der Waals surface area contributed by atoms with Gasteiger partial charge in [-0.05, 0) is 96.2 Å². The molecule has 2 saturated heterocycles. The summed E-state index contributed by atoms with van der Waals surface area (Å²) < 4.78 is 18.2. The van der Waals surface area contributed by atoms with E-state index in [-0.39, 0.29) is 22.2 Å². The van der Waals surface area contributed by atoms with Crippen molar-refractivity contribution in [3.63, 3.8) is 0 Å². The molecule has 3 rings (SSSR count). The van der Waals surface area contributed by atoms with Crippen LogP contribution in [0.4, 0.5) is 4.79 Å². The topological polar surface area (TPSA) is 48.0 Å². The molecule has 1 aliphatic carbocycles. The van der Waals surface area contributed by atoms with Gasteiger partial charge in [-0.1, -0.05) is 32.9 Å². The summed E-state index contributed by atoms with van der Waals surface area (Å²) in [6, 6.07) is 0. The van der Waals surface area contributed by atoms with E-state index in [9.17, 15) is 4.79 Å². The van der Waals surface area contributed by atoms with Gasteiger partial charge in [-0.3, -0.25) is 4.90 Å². The number of ether oxygens (including phenoxy) is 2.